The number of benzene rings is 9. The van der Waals surface area contributed by atoms with E-state index in [1.807, 2.05) is 0 Å². The lowest BCUT2D eigenvalue weighted by molar-refractivity contribution is 1.08. The van der Waals surface area contributed by atoms with Gasteiger partial charge in [-0.05, 0) is 89.5 Å². The summed E-state index contributed by atoms with van der Waals surface area (Å²) in [5, 5.41) is -5.12. The third kappa shape index (κ3) is 5.37. The Balaban J connectivity index is 1.37. The van der Waals surface area contributed by atoms with Crippen LogP contribution in [0.1, 0.15) is 42.5 Å². The third-order valence-corrected chi connectivity index (χ3v) is 7.68. The zero-order chi connectivity index (χ0) is 61.4. The molecule has 0 N–H and O–H groups in total. The van der Waals surface area contributed by atoms with Gasteiger partial charge in [0.2, 0.25) is 0 Å². The van der Waals surface area contributed by atoms with Gasteiger partial charge in [0.15, 0.2) is 17.5 Å². The van der Waals surface area contributed by atoms with Crippen molar-refractivity contribution in [2.24, 2.45) is 0 Å². The second kappa shape index (κ2) is 12.4. The maximum absolute atomic E-state index is 9.73. The van der Waals surface area contributed by atoms with Crippen LogP contribution in [-0.2, 0) is 0 Å². The first-order valence-electron chi connectivity index (χ1n) is 30.6. The minimum atomic E-state index is -1.12. The summed E-state index contributed by atoms with van der Waals surface area (Å²) in [6, 6.07) is -29.1. The van der Waals surface area contributed by atoms with Gasteiger partial charge in [-0.3, -0.25) is 0 Å². The average Bonchev–Trinajstić information content (AvgIpc) is 3.34. The van der Waals surface area contributed by atoms with E-state index in [-0.39, 0.29) is 0 Å². The molecule has 10 rings (SSSR count). The van der Waals surface area contributed by atoms with Gasteiger partial charge in [-0.1, -0.05) is 163 Å². The maximum atomic E-state index is 9.73. The largest absolute Gasteiger partial charge is 0.208 e. The Labute approximate surface area is 345 Å². The van der Waals surface area contributed by atoms with Crippen LogP contribution in [0.3, 0.4) is 0 Å². The normalized spacial score (nSPS) is 19.8. The van der Waals surface area contributed by atoms with Crippen LogP contribution in [-0.4, -0.2) is 15.0 Å². The number of hydrogen-bond donors (Lipinski definition) is 0. The number of aromatic nitrogens is 3. The summed E-state index contributed by atoms with van der Waals surface area (Å²) in [6.45, 7) is 0. The molecule has 0 amide bonds. The second-order valence-corrected chi connectivity index (χ2v) is 10.8. The molecule has 0 unspecified atom stereocenters. The van der Waals surface area contributed by atoms with Crippen molar-refractivity contribution in [1.29, 1.82) is 0 Å². The topological polar surface area (TPSA) is 38.7 Å². The minimum Gasteiger partial charge on any atom is -0.208 e. The first kappa shape index (κ1) is 12.1. The Bertz CT molecular complexity index is 4720. The molecule has 0 aliphatic carbocycles. The minimum absolute atomic E-state index is 0.560. The molecular weight excluding hydrogens is 631 g/mol. The van der Waals surface area contributed by atoms with Gasteiger partial charge in [0.25, 0.3) is 0 Å². The Hall–Kier alpha value is -6.97. The van der Waals surface area contributed by atoms with Crippen molar-refractivity contribution in [2.45, 2.75) is 0 Å². The van der Waals surface area contributed by atoms with Gasteiger partial charge in [0, 0.05) is 16.7 Å². The highest BCUT2D eigenvalue weighted by atomic mass is 15.0. The summed E-state index contributed by atoms with van der Waals surface area (Å²) >= 11 is 0. The van der Waals surface area contributed by atoms with Gasteiger partial charge in [0.1, 0.15) is 0 Å². The fraction of sp³-hybridized carbons (Fsp3) is 0. The molecule has 0 aliphatic rings. The van der Waals surface area contributed by atoms with Crippen molar-refractivity contribution in [3.63, 3.8) is 0 Å². The SMILES string of the molecule is [2H]c1c([2H])c([2H])c(-c2c([2H])c([2H])c3c([2H])c(-c4c([2H])c([2H])c([2H])c(-c5nc(-c6c([2H])c([2H])c7c([2H])c([2H])c8c([2H])c([2H])c([2H])c([2H])c8c7c6[2H])nc(-c6c([2H])c([2H])c([2H])c7c([2H])c([2H])c([2H])c([2H])c67)n5)c4[2H])c([2H])c([2H])c3c2[2H])c([2H])c1[2H]. The fourth-order valence-electron chi connectivity index (χ4n) is 5.29. The monoisotopic (exact) mass is 692 g/mol. The predicted octanol–water partition coefficient (Wildman–Crippen LogP) is 12.8. The van der Waals surface area contributed by atoms with Crippen LogP contribution >= 0.6 is 0 Å². The first-order valence-corrected chi connectivity index (χ1v) is 15.1. The quantitative estimate of drug-likeness (QED) is 0.169. The van der Waals surface area contributed by atoms with Crippen molar-refractivity contribution < 1.29 is 42.5 Å². The van der Waals surface area contributed by atoms with Gasteiger partial charge in [0.05, 0.1) is 42.5 Å². The fourth-order valence-corrected chi connectivity index (χ4v) is 5.29. The molecule has 0 radical (unpaired) electrons. The highest BCUT2D eigenvalue weighted by Crippen LogP contribution is 2.34. The third-order valence-electron chi connectivity index (χ3n) is 7.68. The van der Waals surface area contributed by atoms with E-state index in [0.717, 1.165) is 0 Å². The van der Waals surface area contributed by atoms with Gasteiger partial charge < -0.3 is 0 Å². The van der Waals surface area contributed by atoms with Crippen LogP contribution in [0.4, 0.5) is 0 Å². The molecule has 0 bridgehead atoms. The molecule has 0 fully saturated rings. The van der Waals surface area contributed by atoms with Crippen molar-refractivity contribution >= 4 is 43.1 Å². The summed E-state index contributed by atoms with van der Waals surface area (Å²) in [4.78, 5) is 13.2. The average molecular weight is 693 g/mol. The van der Waals surface area contributed by atoms with E-state index in [1.165, 1.54) is 0 Å². The van der Waals surface area contributed by atoms with Gasteiger partial charge >= 0.3 is 0 Å². The van der Waals surface area contributed by atoms with Gasteiger partial charge in [-0.2, -0.15) is 0 Å². The Morgan fingerprint density at radius 1 is 0.269 bits per heavy atom. The molecule has 10 aromatic rings. The van der Waals surface area contributed by atoms with Crippen LogP contribution in [0.5, 0.6) is 0 Å². The standard InChI is InChI=1S/C49H31N3/c1-2-10-32(11-3-1)37-23-24-40-29-38(25-26-39(40)28-37)36-15-8-16-41(30-36)47-50-48(52-49(51-47)45-19-9-14-33-12-4-6-17-43(33)45)42-27-22-35-21-20-34-13-5-7-18-44(34)46(35)31-42/h1-31H/i1D,2D,3D,4D,5D,6D,7D,8D,9D,10D,11D,12D,13D,14D,15D,16D,17D,18D,19D,20D,21D,22D,23D,24D,25D,26D,27D,28D,29D,30D,31D. The zero-order valence-corrected chi connectivity index (χ0v) is 25.8. The lowest BCUT2D eigenvalue weighted by Crippen LogP contribution is -2.00. The van der Waals surface area contributed by atoms with E-state index < -0.39 is 287 Å². The smallest absolute Gasteiger partial charge is 0.164 e. The summed E-state index contributed by atoms with van der Waals surface area (Å²) in [7, 11) is 0. The predicted molar refractivity (Wildman–Crippen MR) is 217 cm³/mol. The van der Waals surface area contributed by atoms with Crippen molar-refractivity contribution in [2.75, 3.05) is 0 Å². The van der Waals surface area contributed by atoms with Crippen LogP contribution in [0.15, 0.2) is 187 Å². The van der Waals surface area contributed by atoms with E-state index in [9.17, 15) is 12.3 Å². The first-order chi connectivity index (χ1) is 38.7. The van der Waals surface area contributed by atoms with Gasteiger partial charge in [-0.25, -0.2) is 15.0 Å². The maximum Gasteiger partial charge on any atom is 0.164 e. The second-order valence-electron chi connectivity index (χ2n) is 10.8. The molecular formula is C49H31N3. The molecule has 0 saturated carbocycles. The summed E-state index contributed by atoms with van der Waals surface area (Å²) in [6.07, 6.45) is 0. The molecule has 9 aromatic carbocycles. The van der Waals surface area contributed by atoms with Crippen LogP contribution < -0.4 is 0 Å². The molecule has 0 atom stereocenters. The number of fused-ring (bicyclic) bond motifs is 5. The molecule has 0 saturated heterocycles. The highest BCUT2D eigenvalue weighted by Gasteiger charge is 2.16. The number of rotatable bonds is 5. The Morgan fingerprint density at radius 2 is 0.731 bits per heavy atom. The molecule has 0 spiro atoms. The number of hydrogen-bond acceptors (Lipinski definition) is 3. The van der Waals surface area contributed by atoms with Crippen molar-refractivity contribution in [1.82, 2.24) is 15.0 Å². The Kier molecular flexibility index (Phi) is 2.88. The van der Waals surface area contributed by atoms with Gasteiger partial charge in [-0.15, -0.1) is 0 Å². The highest BCUT2D eigenvalue weighted by molar-refractivity contribution is 6.08. The summed E-state index contributed by atoms with van der Waals surface area (Å²) < 4.78 is 275. The summed E-state index contributed by atoms with van der Waals surface area (Å²) in [5.74, 6) is -2.88. The van der Waals surface area contributed by atoms with Crippen LogP contribution in [0.25, 0.3) is 99.5 Å². The number of nitrogens with zero attached hydrogens (tertiary/aromatic N) is 3. The summed E-state index contributed by atoms with van der Waals surface area (Å²) in [5.41, 5.74) is -5.82. The molecule has 52 heavy (non-hydrogen) atoms. The van der Waals surface area contributed by atoms with E-state index in [1.54, 1.807) is 0 Å². The van der Waals surface area contributed by atoms with E-state index in [0.29, 0.717) is 0 Å². The molecule has 1 aromatic heterocycles. The Morgan fingerprint density at radius 3 is 1.50 bits per heavy atom. The van der Waals surface area contributed by atoms with Crippen molar-refractivity contribution in [3.8, 4) is 56.4 Å². The molecule has 1 heterocycles. The van der Waals surface area contributed by atoms with E-state index in [4.69, 9.17) is 30.2 Å². The zero-order valence-electron chi connectivity index (χ0n) is 56.8. The van der Waals surface area contributed by atoms with E-state index >= 15 is 0 Å². The lowest BCUT2D eigenvalue weighted by atomic mass is 9.97. The van der Waals surface area contributed by atoms with Crippen LogP contribution in [0, 0.1) is 0 Å². The van der Waals surface area contributed by atoms with Crippen molar-refractivity contribution in [3.05, 3.63) is 187 Å². The molecule has 3 heteroatoms. The molecule has 3 nitrogen and oxygen atoms in total. The molecule has 0 aliphatic heterocycles. The van der Waals surface area contributed by atoms with Crippen LogP contribution in [0.2, 0.25) is 0 Å². The van der Waals surface area contributed by atoms with E-state index in [2.05, 4.69) is 15.0 Å². The lowest BCUT2D eigenvalue weighted by Gasteiger charge is -2.12. The molecule has 242 valence electrons.